The smallest absolute Gasteiger partial charge is 0.121 e. The zero-order valence-corrected chi connectivity index (χ0v) is 17.8. The molecule has 0 fully saturated rings. The van der Waals surface area contributed by atoms with Gasteiger partial charge >= 0.3 is 0 Å². The second-order valence-electron chi connectivity index (χ2n) is 7.13. The third-order valence-electron chi connectivity index (χ3n) is 4.25. The number of nitrogens with one attached hydrogen (secondary N) is 1. The van der Waals surface area contributed by atoms with Crippen molar-refractivity contribution in [1.82, 2.24) is 9.55 Å². The number of hydrogen-bond acceptors (Lipinski definition) is 5. The first-order valence-corrected chi connectivity index (χ1v) is 10.4. The van der Waals surface area contributed by atoms with Gasteiger partial charge in [-0.25, -0.2) is 0 Å². The summed E-state index contributed by atoms with van der Waals surface area (Å²) in [6.07, 6.45) is 1.92. The Morgan fingerprint density at radius 2 is 2.00 bits per heavy atom. The topological polar surface area (TPSA) is 62.9 Å². The largest absolute Gasteiger partial charge is 0.491 e. The Bertz CT molecular complexity index is 1000. The molecule has 0 unspecified atom stereocenters. The summed E-state index contributed by atoms with van der Waals surface area (Å²) in [5, 5.41) is 11.3. The summed E-state index contributed by atoms with van der Waals surface area (Å²) >= 11 is 1.65. The molecule has 2 aromatic heterocycles. The molecule has 3 aromatic rings. The number of pyridine rings is 1. The van der Waals surface area contributed by atoms with Crippen LogP contribution < -0.4 is 9.46 Å². The summed E-state index contributed by atoms with van der Waals surface area (Å²) in [7, 11) is 0. The van der Waals surface area contributed by atoms with Gasteiger partial charge in [-0.05, 0) is 57.0 Å². The molecule has 0 atom stereocenters. The first-order valence-electron chi connectivity index (χ1n) is 9.55. The number of anilines is 1. The first kappa shape index (κ1) is 20.1. The van der Waals surface area contributed by atoms with Gasteiger partial charge in [-0.2, -0.15) is 5.26 Å². The minimum atomic E-state index is 0.0998. The van der Waals surface area contributed by atoms with Crippen molar-refractivity contribution in [2.75, 3.05) is 4.72 Å². The molecule has 0 saturated heterocycles. The van der Waals surface area contributed by atoms with E-state index in [4.69, 9.17) is 4.74 Å². The van der Waals surface area contributed by atoms with E-state index in [1.54, 1.807) is 11.9 Å². The van der Waals surface area contributed by atoms with Gasteiger partial charge in [-0.1, -0.05) is 13.8 Å². The molecule has 1 N–H and O–H groups in total. The predicted molar refractivity (Wildman–Crippen MR) is 118 cm³/mol. The highest BCUT2D eigenvalue weighted by molar-refractivity contribution is 8.01. The molecule has 146 valence electrons. The number of hydrogen-bond donors (Lipinski definition) is 1. The molecule has 2 heterocycles. The lowest BCUT2D eigenvalue weighted by atomic mass is 10.1. The Labute approximate surface area is 170 Å². The van der Waals surface area contributed by atoms with Gasteiger partial charge in [0.2, 0.25) is 0 Å². The van der Waals surface area contributed by atoms with Crippen LogP contribution >= 0.6 is 11.9 Å². The number of ether oxygens (including phenoxy) is 1. The fraction of sp³-hybridized carbons (Fsp3) is 0.364. The second kappa shape index (κ2) is 8.57. The zero-order valence-electron chi connectivity index (χ0n) is 17.0. The quantitative estimate of drug-likeness (QED) is 0.509. The minimum Gasteiger partial charge on any atom is -0.491 e. The van der Waals surface area contributed by atoms with Crippen LogP contribution in [0.25, 0.3) is 22.3 Å². The normalized spacial score (nSPS) is 11.2. The van der Waals surface area contributed by atoms with E-state index in [0.29, 0.717) is 10.8 Å². The number of fused-ring (bicyclic) bond motifs is 1. The van der Waals surface area contributed by atoms with Crippen LogP contribution in [0.15, 0.2) is 36.5 Å². The number of rotatable bonds is 7. The van der Waals surface area contributed by atoms with Gasteiger partial charge in [-0.15, -0.1) is 0 Å². The Kier molecular flexibility index (Phi) is 6.15. The fourth-order valence-corrected chi connectivity index (χ4v) is 3.66. The van der Waals surface area contributed by atoms with Crippen LogP contribution in [-0.2, 0) is 6.54 Å². The number of nitrogens with zero attached hydrogens (tertiary/aromatic N) is 3. The molecule has 0 aliphatic rings. The maximum Gasteiger partial charge on any atom is 0.121 e. The number of aryl methyl sites for hydroxylation is 1. The summed E-state index contributed by atoms with van der Waals surface area (Å²) in [6, 6.07) is 12.3. The average Bonchev–Trinajstić information content (AvgIpc) is 2.98. The molecule has 5 nitrogen and oxygen atoms in total. The zero-order chi connectivity index (χ0) is 20.3. The molecular formula is C22H26N4OS. The van der Waals surface area contributed by atoms with Crippen LogP contribution in [0, 0.1) is 11.3 Å². The van der Waals surface area contributed by atoms with Crippen LogP contribution in [0.5, 0.6) is 5.75 Å². The highest BCUT2D eigenvalue weighted by atomic mass is 32.2. The van der Waals surface area contributed by atoms with Crippen LogP contribution in [0.3, 0.4) is 0 Å². The third-order valence-corrected chi connectivity index (χ3v) is 5.08. The highest BCUT2D eigenvalue weighted by Gasteiger charge is 2.19. The molecule has 0 radical (unpaired) electrons. The van der Waals surface area contributed by atoms with Crippen LogP contribution in [-0.4, -0.2) is 20.9 Å². The molecule has 0 bridgehead atoms. The van der Waals surface area contributed by atoms with Gasteiger partial charge in [0, 0.05) is 23.2 Å². The van der Waals surface area contributed by atoms with E-state index in [9.17, 15) is 5.26 Å². The Morgan fingerprint density at radius 1 is 1.21 bits per heavy atom. The molecule has 0 amide bonds. The van der Waals surface area contributed by atoms with Crippen molar-refractivity contribution >= 4 is 28.5 Å². The molecule has 3 rings (SSSR count). The van der Waals surface area contributed by atoms with E-state index in [2.05, 4.69) is 41.1 Å². The van der Waals surface area contributed by atoms with Gasteiger partial charge in [0.15, 0.2) is 0 Å². The van der Waals surface area contributed by atoms with Crippen molar-refractivity contribution in [2.45, 2.75) is 52.5 Å². The summed E-state index contributed by atoms with van der Waals surface area (Å²) in [5.41, 5.74) is 4.24. The second-order valence-corrected chi connectivity index (χ2v) is 8.51. The Balaban J connectivity index is 2.08. The van der Waals surface area contributed by atoms with Crippen molar-refractivity contribution in [2.24, 2.45) is 0 Å². The molecule has 6 heteroatoms. The number of benzene rings is 1. The van der Waals surface area contributed by atoms with Crippen molar-refractivity contribution in [1.29, 1.82) is 5.26 Å². The minimum absolute atomic E-state index is 0.0998. The number of nitriles is 1. The summed E-state index contributed by atoms with van der Waals surface area (Å²) in [6.45, 7) is 11.1. The molecule has 0 aliphatic carbocycles. The van der Waals surface area contributed by atoms with Crippen LogP contribution in [0.2, 0.25) is 0 Å². The lowest BCUT2D eigenvalue weighted by Gasteiger charge is -2.12. The van der Waals surface area contributed by atoms with Gasteiger partial charge in [0.25, 0.3) is 0 Å². The highest BCUT2D eigenvalue weighted by Crippen LogP contribution is 2.35. The summed E-state index contributed by atoms with van der Waals surface area (Å²) in [5.74, 6) is 0.809. The average molecular weight is 395 g/mol. The van der Waals surface area contributed by atoms with Gasteiger partial charge in [0.05, 0.1) is 40.5 Å². The van der Waals surface area contributed by atoms with Crippen molar-refractivity contribution in [3.8, 4) is 23.2 Å². The van der Waals surface area contributed by atoms with E-state index in [1.807, 2.05) is 50.4 Å². The molecule has 0 aliphatic heterocycles. The van der Waals surface area contributed by atoms with Gasteiger partial charge in [0.1, 0.15) is 11.8 Å². The molecule has 0 saturated carbocycles. The van der Waals surface area contributed by atoms with E-state index >= 15 is 0 Å². The Morgan fingerprint density at radius 3 is 2.57 bits per heavy atom. The van der Waals surface area contributed by atoms with Gasteiger partial charge < -0.3 is 14.0 Å². The van der Waals surface area contributed by atoms with E-state index in [0.717, 1.165) is 40.3 Å². The lowest BCUT2D eigenvalue weighted by molar-refractivity contribution is 0.242. The molecule has 1 aromatic carbocycles. The van der Waals surface area contributed by atoms with Crippen molar-refractivity contribution in [3.63, 3.8) is 0 Å². The number of aromatic nitrogens is 2. The van der Waals surface area contributed by atoms with E-state index in [-0.39, 0.29) is 6.10 Å². The fourth-order valence-electron chi connectivity index (χ4n) is 3.16. The molecule has 28 heavy (non-hydrogen) atoms. The maximum absolute atomic E-state index is 9.86. The van der Waals surface area contributed by atoms with Gasteiger partial charge in [-0.3, -0.25) is 4.98 Å². The lowest BCUT2D eigenvalue weighted by Crippen LogP contribution is -2.05. The van der Waals surface area contributed by atoms with E-state index < -0.39 is 0 Å². The van der Waals surface area contributed by atoms with Crippen LogP contribution in [0.1, 0.15) is 40.2 Å². The van der Waals surface area contributed by atoms with E-state index in [1.165, 1.54) is 0 Å². The SMILES string of the molecule is CCn1c(-c2ccc(NSC(C)C)cn2)c(C#N)c2ccc(OC(C)C)cc21. The molecule has 0 spiro atoms. The predicted octanol–water partition coefficient (Wildman–Crippen LogP) is 5.85. The van der Waals surface area contributed by atoms with Crippen LogP contribution in [0.4, 0.5) is 5.69 Å². The maximum atomic E-state index is 9.86. The third kappa shape index (κ3) is 4.10. The van der Waals surface area contributed by atoms with Crippen molar-refractivity contribution in [3.05, 3.63) is 42.1 Å². The summed E-state index contributed by atoms with van der Waals surface area (Å²) < 4.78 is 11.3. The molecular weight excluding hydrogens is 368 g/mol. The first-order chi connectivity index (χ1) is 13.4. The standard InChI is InChI=1S/C22H26N4OS/c1-6-26-21-11-17(27-14(2)3)8-9-18(21)19(12-23)22(26)20-10-7-16(13-24-20)25-28-15(4)5/h7-11,13-15,25H,6H2,1-5H3. The summed E-state index contributed by atoms with van der Waals surface area (Å²) in [4.78, 5) is 4.63. The monoisotopic (exact) mass is 394 g/mol. The van der Waals surface area contributed by atoms with Crippen molar-refractivity contribution < 1.29 is 4.74 Å². The Hall–Kier alpha value is -2.65.